The third-order valence-corrected chi connectivity index (χ3v) is 2.76. The second-order valence-corrected chi connectivity index (χ2v) is 4.17. The van der Waals surface area contributed by atoms with E-state index in [2.05, 4.69) is 5.32 Å². The molecule has 0 aliphatic rings. The topological polar surface area (TPSA) is 49.3 Å². The molecule has 82 valence electrons. The molecule has 0 spiro atoms. The van der Waals surface area contributed by atoms with Crippen molar-refractivity contribution in [1.82, 2.24) is 5.32 Å². The van der Waals surface area contributed by atoms with E-state index in [-0.39, 0.29) is 12.5 Å². The third-order valence-electron chi connectivity index (χ3n) is 1.83. The highest BCUT2D eigenvalue weighted by atomic mass is 32.1. The second kappa shape index (κ2) is 6.37. The van der Waals surface area contributed by atoms with E-state index in [0.717, 1.165) is 16.9 Å². The van der Waals surface area contributed by atoms with Crippen LogP contribution in [0.15, 0.2) is 17.5 Å². The molecule has 0 fully saturated rings. The van der Waals surface area contributed by atoms with Crippen LogP contribution in [0.3, 0.4) is 0 Å². The largest absolute Gasteiger partial charge is 0.391 e. The van der Waals surface area contributed by atoms with Crippen LogP contribution in [0.25, 0.3) is 6.08 Å². The molecule has 0 saturated heterocycles. The molecule has 3 nitrogen and oxygen atoms in total. The van der Waals surface area contributed by atoms with Gasteiger partial charge >= 0.3 is 0 Å². The maximum Gasteiger partial charge on any atom is 0.216 e. The van der Waals surface area contributed by atoms with E-state index in [4.69, 9.17) is 5.11 Å². The first-order valence-corrected chi connectivity index (χ1v) is 5.69. The van der Waals surface area contributed by atoms with Crippen LogP contribution in [-0.2, 0) is 11.4 Å². The summed E-state index contributed by atoms with van der Waals surface area (Å²) in [4.78, 5) is 11.5. The number of amides is 1. The van der Waals surface area contributed by atoms with Crippen molar-refractivity contribution in [2.75, 3.05) is 6.54 Å². The molecule has 0 radical (unpaired) electrons. The number of hydrogen-bond donors (Lipinski definition) is 2. The zero-order valence-corrected chi connectivity index (χ0v) is 9.51. The van der Waals surface area contributed by atoms with Crippen molar-refractivity contribution in [1.29, 1.82) is 0 Å². The average Bonchev–Trinajstić information content (AvgIpc) is 2.65. The van der Waals surface area contributed by atoms with Gasteiger partial charge in [-0.2, -0.15) is 0 Å². The molecule has 0 aliphatic carbocycles. The normalized spacial score (nSPS) is 10.8. The number of rotatable bonds is 5. The van der Waals surface area contributed by atoms with Crippen LogP contribution >= 0.6 is 11.3 Å². The van der Waals surface area contributed by atoms with Crippen molar-refractivity contribution >= 4 is 23.3 Å². The molecule has 0 unspecified atom stereocenters. The molecular weight excluding hydrogens is 210 g/mol. The molecule has 1 aromatic rings. The van der Waals surface area contributed by atoms with Crippen molar-refractivity contribution in [3.05, 3.63) is 28.0 Å². The van der Waals surface area contributed by atoms with Crippen molar-refractivity contribution < 1.29 is 9.90 Å². The molecule has 1 heterocycles. The number of carbonyl (C=O) groups is 1. The molecule has 1 amide bonds. The number of thiophene rings is 1. The molecule has 0 atom stereocenters. The minimum Gasteiger partial charge on any atom is -0.391 e. The lowest BCUT2D eigenvalue weighted by molar-refractivity contribution is -0.118. The highest BCUT2D eigenvalue weighted by Gasteiger charge is 1.94. The molecular formula is C11H15NO2S. The van der Waals surface area contributed by atoms with Crippen LogP contribution < -0.4 is 5.32 Å². The number of nitrogens with one attached hydrogen (secondary N) is 1. The number of carbonyl (C=O) groups excluding carboxylic acids is 1. The fourth-order valence-electron chi connectivity index (χ4n) is 1.12. The molecule has 4 heteroatoms. The van der Waals surface area contributed by atoms with E-state index in [1.807, 2.05) is 23.6 Å². The predicted octanol–water partition coefficient (Wildman–Crippen LogP) is 1.78. The van der Waals surface area contributed by atoms with Gasteiger partial charge in [-0.1, -0.05) is 12.2 Å². The van der Waals surface area contributed by atoms with Gasteiger partial charge in [-0.05, 0) is 23.4 Å². The van der Waals surface area contributed by atoms with Gasteiger partial charge in [0.05, 0.1) is 6.61 Å². The van der Waals surface area contributed by atoms with Gasteiger partial charge < -0.3 is 10.4 Å². The summed E-state index contributed by atoms with van der Waals surface area (Å²) in [5.74, 6) is 0.00139. The Morgan fingerprint density at radius 3 is 3.07 bits per heavy atom. The Kier molecular flexibility index (Phi) is 5.07. The first-order valence-electron chi connectivity index (χ1n) is 4.81. The minimum absolute atomic E-state index is 0.00139. The third kappa shape index (κ3) is 4.76. The Morgan fingerprint density at radius 1 is 1.67 bits per heavy atom. The van der Waals surface area contributed by atoms with E-state index in [9.17, 15) is 4.79 Å². The maximum atomic E-state index is 10.6. The van der Waals surface area contributed by atoms with Crippen molar-refractivity contribution in [3.63, 3.8) is 0 Å². The zero-order valence-electron chi connectivity index (χ0n) is 8.69. The summed E-state index contributed by atoms with van der Waals surface area (Å²) in [6.45, 7) is 2.28. The molecule has 0 bridgehead atoms. The SMILES string of the molecule is CC(=O)NCCC=Cc1csc(CO)c1. The maximum absolute atomic E-state index is 10.6. The Balaban J connectivity index is 2.28. The number of aliphatic hydroxyl groups is 1. The molecule has 0 aliphatic heterocycles. The average molecular weight is 225 g/mol. The number of hydrogen-bond acceptors (Lipinski definition) is 3. The summed E-state index contributed by atoms with van der Waals surface area (Å²) in [5.41, 5.74) is 1.10. The zero-order chi connectivity index (χ0) is 11.1. The van der Waals surface area contributed by atoms with Gasteiger partial charge in [-0.3, -0.25) is 4.79 Å². The van der Waals surface area contributed by atoms with Crippen LogP contribution in [0.1, 0.15) is 23.8 Å². The Bertz CT molecular complexity index is 344. The lowest BCUT2D eigenvalue weighted by Crippen LogP contribution is -2.20. The predicted molar refractivity (Wildman–Crippen MR) is 62.6 cm³/mol. The van der Waals surface area contributed by atoms with Gasteiger partial charge in [-0.15, -0.1) is 11.3 Å². The van der Waals surface area contributed by atoms with Crippen LogP contribution in [0.4, 0.5) is 0 Å². The van der Waals surface area contributed by atoms with Gasteiger partial charge in [-0.25, -0.2) is 0 Å². The molecule has 1 rings (SSSR count). The lowest BCUT2D eigenvalue weighted by Gasteiger charge is -1.95. The van der Waals surface area contributed by atoms with Crippen LogP contribution in [0.2, 0.25) is 0 Å². The quantitative estimate of drug-likeness (QED) is 0.750. The molecule has 0 aromatic carbocycles. The minimum atomic E-state index is 0.00139. The Morgan fingerprint density at radius 2 is 2.47 bits per heavy atom. The van der Waals surface area contributed by atoms with Crippen molar-refractivity contribution in [3.8, 4) is 0 Å². The van der Waals surface area contributed by atoms with Gasteiger partial charge in [0.15, 0.2) is 0 Å². The van der Waals surface area contributed by atoms with E-state index in [0.29, 0.717) is 6.54 Å². The summed E-state index contributed by atoms with van der Waals surface area (Å²) in [7, 11) is 0. The second-order valence-electron chi connectivity index (χ2n) is 3.18. The molecule has 0 saturated carbocycles. The monoisotopic (exact) mass is 225 g/mol. The van der Waals surface area contributed by atoms with E-state index in [1.165, 1.54) is 6.92 Å². The van der Waals surface area contributed by atoms with Crippen molar-refractivity contribution in [2.24, 2.45) is 0 Å². The van der Waals surface area contributed by atoms with E-state index < -0.39 is 0 Å². The first-order chi connectivity index (χ1) is 7.22. The van der Waals surface area contributed by atoms with E-state index in [1.54, 1.807) is 11.3 Å². The summed E-state index contributed by atoms with van der Waals surface area (Å²) in [6, 6.07) is 1.96. The fraction of sp³-hybridized carbons (Fsp3) is 0.364. The first kappa shape index (κ1) is 11.9. The summed E-state index contributed by atoms with van der Waals surface area (Å²) in [5, 5.41) is 13.6. The summed E-state index contributed by atoms with van der Waals surface area (Å²) in [6.07, 6.45) is 4.83. The smallest absolute Gasteiger partial charge is 0.216 e. The molecule has 15 heavy (non-hydrogen) atoms. The molecule has 1 aromatic heterocycles. The lowest BCUT2D eigenvalue weighted by atomic mass is 10.2. The number of aliphatic hydroxyl groups excluding tert-OH is 1. The van der Waals surface area contributed by atoms with Gasteiger partial charge in [0, 0.05) is 18.3 Å². The van der Waals surface area contributed by atoms with Crippen LogP contribution in [-0.4, -0.2) is 17.6 Å². The van der Waals surface area contributed by atoms with Crippen LogP contribution in [0, 0.1) is 0 Å². The molecule has 2 N–H and O–H groups in total. The van der Waals surface area contributed by atoms with E-state index >= 15 is 0 Å². The van der Waals surface area contributed by atoms with Gasteiger partial charge in [0.25, 0.3) is 0 Å². The Hall–Kier alpha value is -1.13. The Labute approximate surface area is 93.4 Å². The van der Waals surface area contributed by atoms with Crippen LogP contribution in [0.5, 0.6) is 0 Å². The highest BCUT2D eigenvalue weighted by Crippen LogP contribution is 2.15. The summed E-state index contributed by atoms with van der Waals surface area (Å²) < 4.78 is 0. The summed E-state index contributed by atoms with van der Waals surface area (Å²) >= 11 is 1.55. The van der Waals surface area contributed by atoms with Crippen molar-refractivity contribution in [2.45, 2.75) is 20.0 Å². The van der Waals surface area contributed by atoms with Gasteiger partial charge in [0.1, 0.15) is 0 Å². The fourth-order valence-corrected chi connectivity index (χ4v) is 1.83. The van der Waals surface area contributed by atoms with Gasteiger partial charge in [0.2, 0.25) is 5.91 Å². The highest BCUT2D eigenvalue weighted by molar-refractivity contribution is 7.10. The standard InChI is InChI=1S/C11H15NO2S/c1-9(14)12-5-3-2-4-10-6-11(7-13)15-8-10/h2,4,6,8,13H,3,5,7H2,1H3,(H,12,14).